The van der Waals surface area contributed by atoms with Crippen molar-refractivity contribution in [2.24, 2.45) is 0 Å². The standard InChI is InChI=1S/C7H6O2.C4H10O2/c8-5-6-3-1-2-4-7(6)9;1-4(5-2)6-3/h1-5,9H;4H,1-3H3. The van der Waals surface area contributed by atoms with E-state index in [1.54, 1.807) is 32.4 Å². The van der Waals surface area contributed by atoms with E-state index >= 15 is 0 Å². The molecule has 0 aliphatic rings. The van der Waals surface area contributed by atoms with Crippen LogP contribution in [-0.2, 0) is 9.47 Å². The number of carbonyl (C=O) groups excluding carboxylic acids is 1. The first-order valence-electron chi connectivity index (χ1n) is 4.44. The molecule has 0 heterocycles. The minimum Gasteiger partial charge on any atom is -0.507 e. The van der Waals surface area contributed by atoms with Crippen molar-refractivity contribution < 1.29 is 19.4 Å². The van der Waals surface area contributed by atoms with Crippen molar-refractivity contribution in [1.82, 2.24) is 0 Å². The Bertz CT molecular complexity index is 282. The van der Waals surface area contributed by atoms with Crippen LogP contribution < -0.4 is 0 Å². The molecular formula is C11H16O4. The SMILES string of the molecule is COC(C)OC.O=Cc1ccccc1O. The van der Waals surface area contributed by atoms with Crippen LogP contribution in [0, 0.1) is 0 Å². The Hall–Kier alpha value is -1.39. The number of phenols is 1. The first kappa shape index (κ1) is 13.6. The summed E-state index contributed by atoms with van der Waals surface area (Å²) in [6.45, 7) is 1.83. The third-order valence-electron chi connectivity index (χ3n) is 1.73. The van der Waals surface area contributed by atoms with Crippen molar-refractivity contribution in [3.63, 3.8) is 0 Å². The van der Waals surface area contributed by atoms with Crippen molar-refractivity contribution in [3.05, 3.63) is 29.8 Å². The molecule has 4 nitrogen and oxygen atoms in total. The molecule has 1 aromatic carbocycles. The molecule has 4 heteroatoms. The zero-order chi connectivity index (χ0) is 11.7. The summed E-state index contributed by atoms with van der Waals surface area (Å²) in [5, 5.41) is 8.88. The Labute approximate surface area is 89.4 Å². The molecule has 0 unspecified atom stereocenters. The van der Waals surface area contributed by atoms with Crippen molar-refractivity contribution in [3.8, 4) is 5.75 Å². The smallest absolute Gasteiger partial charge is 0.154 e. The van der Waals surface area contributed by atoms with Crippen LogP contribution in [0.4, 0.5) is 0 Å². The van der Waals surface area contributed by atoms with Gasteiger partial charge in [0, 0.05) is 14.2 Å². The van der Waals surface area contributed by atoms with Gasteiger partial charge in [-0.05, 0) is 19.1 Å². The molecule has 1 N–H and O–H groups in total. The fraction of sp³-hybridized carbons (Fsp3) is 0.364. The molecule has 84 valence electrons. The largest absolute Gasteiger partial charge is 0.507 e. The average molecular weight is 212 g/mol. The number of aldehydes is 1. The van der Waals surface area contributed by atoms with E-state index in [1.807, 2.05) is 6.92 Å². The van der Waals surface area contributed by atoms with E-state index in [1.165, 1.54) is 6.07 Å². The lowest BCUT2D eigenvalue weighted by Gasteiger charge is -2.03. The lowest BCUT2D eigenvalue weighted by Crippen LogP contribution is -2.05. The van der Waals surface area contributed by atoms with Crippen molar-refractivity contribution in [2.75, 3.05) is 14.2 Å². The quantitative estimate of drug-likeness (QED) is 0.613. The third-order valence-corrected chi connectivity index (χ3v) is 1.73. The summed E-state index contributed by atoms with van der Waals surface area (Å²) in [5.74, 6) is 0.0347. The topological polar surface area (TPSA) is 55.8 Å². The van der Waals surface area contributed by atoms with Crippen LogP contribution in [0.1, 0.15) is 17.3 Å². The molecule has 1 aromatic rings. The summed E-state index contributed by atoms with van der Waals surface area (Å²) < 4.78 is 9.35. The van der Waals surface area contributed by atoms with E-state index in [2.05, 4.69) is 9.47 Å². The molecule has 0 saturated heterocycles. The molecule has 1 rings (SSSR count). The highest BCUT2D eigenvalue weighted by molar-refractivity contribution is 5.78. The zero-order valence-corrected chi connectivity index (χ0v) is 9.14. The van der Waals surface area contributed by atoms with Crippen molar-refractivity contribution in [2.45, 2.75) is 13.2 Å². The fourth-order valence-electron chi connectivity index (χ4n) is 0.683. The number of ether oxygens (including phenoxy) is 2. The van der Waals surface area contributed by atoms with Crippen LogP contribution in [0.2, 0.25) is 0 Å². The molecule has 0 saturated carbocycles. The molecule has 0 aliphatic carbocycles. The van der Waals surface area contributed by atoms with Gasteiger partial charge in [-0.2, -0.15) is 0 Å². The first-order chi connectivity index (χ1) is 7.15. The highest BCUT2D eigenvalue weighted by Gasteiger charge is 1.93. The second-order valence-electron chi connectivity index (χ2n) is 2.72. The molecule has 0 atom stereocenters. The Kier molecular flexibility index (Phi) is 7.23. The number of para-hydroxylation sites is 1. The van der Waals surface area contributed by atoms with Crippen LogP contribution >= 0.6 is 0 Å². The Morgan fingerprint density at radius 3 is 2.07 bits per heavy atom. The minimum atomic E-state index is -0.0648. The molecule has 15 heavy (non-hydrogen) atoms. The highest BCUT2D eigenvalue weighted by atomic mass is 16.7. The number of carbonyl (C=O) groups is 1. The van der Waals surface area contributed by atoms with Gasteiger partial charge in [-0.25, -0.2) is 0 Å². The summed E-state index contributed by atoms with van der Waals surface area (Å²) in [6.07, 6.45) is 0.556. The maximum Gasteiger partial charge on any atom is 0.154 e. The lowest BCUT2D eigenvalue weighted by molar-refractivity contribution is -0.0877. The Morgan fingerprint density at radius 1 is 1.27 bits per heavy atom. The number of aromatic hydroxyl groups is 1. The second kappa shape index (κ2) is 7.96. The second-order valence-corrected chi connectivity index (χ2v) is 2.72. The van der Waals surface area contributed by atoms with Crippen LogP contribution in [0.5, 0.6) is 5.75 Å². The highest BCUT2D eigenvalue weighted by Crippen LogP contribution is 2.11. The van der Waals surface area contributed by atoms with Crippen LogP contribution in [0.15, 0.2) is 24.3 Å². The molecule has 0 radical (unpaired) electrons. The zero-order valence-electron chi connectivity index (χ0n) is 9.14. The summed E-state index contributed by atoms with van der Waals surface area (Å²) in [5.41, 5.74) is 0.331. The van der Waals surface area contributed by atoms with Gasteiger partial charge in [0.05, 0.1) is 5.56 Å². The summed E-state index contributed by atoms with van der Waals surface area (Å²) in [4.78, 5) is 10.1. The molecule has 0 aliphatic heterocycles. The molecule has 0 aromatic heterocycles. The molecule has 0 amide bonds. The predicted molar refractivity (Wildman–Crippen MR) is 57.0 cm³/mol. The number of phenolic OH excluding ortho intramolecular Hbond substituents is 1. The van der Waals surface area contributed by atoms with Gasteiger partial charge in [0.15, 0.2) is 12.6 Å². The average Bonchev–Trinajstić information content (AvgIpc) is 2.29. The van der Waals surface area contributed by atoms with Gasteiger partial charge in [0.25, 0.3) is 0 Å². The van der Waals surface area contributed by atoms with Crippen LogP contribution in [0.3, 0.4) is 0 Å². The van der Waals surface area contributed by atoms with Gasteiger partial charge < -0.3 is 14.6 Å². The monoisotopic (exact) mass is 212 g/mol. The number of methoxy groups -OCH3 is 2. The van der Waals surface area contributed by atoms with Crippen molar-refractivity contribution in [1.29, 1.82) is 0 Å². The van der Waals surface area contributed by atoms with E-state index in [9.17, 15) is 4.79 Å². The van der Waals surface area contributed by atoms with Crippen LogP contribution in [0.25, 0.3) is 0 Å². The summed E-state index contributed by atoms with van der Waals surface area (Å²) >= 11 is 0. The normalized spacial score (nSPS) is 9.33. The summed E-state index contributed by atoms with van der Waals surface area (Å²) in [6, 6.07) is 6.40. The Morgan fingerprint density at radius 2 is 1.80 bits per heavy atom. The van der Waals surface area contributed by atoms with E-state index in [0.717, 1.165) is 0 Å². The van der Waals surface area contributed by atoms with E-state index in [-0.39, 0.29) is 12.0 Å². The predicted octanol–water partition coefficient (Wildman–Crippen LogP) is 1.83. The third kappa shape index (κ3) is 5.83. The van der Waals surface area contributed by atoms with Gasteiger partial charge in [-0.15, -0.1) is 0 Å². The molecular weight excluding hydrogens is 196 g/mol. The van der Waals surface area contributed by atoms with Crippen LogP contribution in [-0.4, -0.2) is 31.9 Å². The first-order valence-corrected chi connectivity index (χ1v) is 4.44. The van der Waals surface area contributed by atoms with Crippen molar-refractivity contribution >= 4 is 6.29 Å². The Balaban J connectivity index is 0.000000288. The number of hydrogen-bond acceptors (Lipinski definition) is 4. The van der Waals surface area contributed by atoms with E-state index in [0.29, 0.717) is 11.8 Å². The van der Waals surface area contributed by atoms with E-state index < -0.39 is 0 Å². The molecule has 0 bridgehead atoms. The summed E-state index contributed by atoms with van der Waals surface area (Å²) in [7, 11) is 3.21. The van der Waals surface area contributed by atoms with Gasteiger partial charge in [-0.3, -0.25) is 4.79 Å². The lowest BCUT2D eigenvalue weighted by atomic mass is 10.2. The van der Waals surface area contributed by atoms with Gasteiger partial charge in [0.2, 0.25) is 0 Å². The van der Waals surface area contributed by atoms with Gasteiger partial charge in [-0.1, -0.05) is 12.1 Å². The molecule has 0 spiro atoms. The minimum absolute atomic E-state index is 0.0347. The number of rotatable bonds is 3. The van der Waals surface area contributed by atoms with Gasteiger partial charge >= 0.3 is 0 Å². The van der Waals surface area contributed by atoms with E-state index in [4.69, 9.17) is 5.11 Å². The fourth-order valence-corrected chi connectivity index (χ4v) is 0.683. The maximum absolute atomic E-state index is 10.1. The number of benzene rings is 1. The number of hydrogen-bond donors (Lipinski definition) is 1. The van der Waals surface area contributed by atoms with Gasteiger partial charge in [0.1, 0.15) is 5.75 Å². The molecule has 0 fully saturated rings. The maximum atomic E-state index is 10.1.